The van der Waals surface area contributed by atoms with Crippen LogP contribution in [-0.4, -0.2) is 27.0 Å². The van der Waals surface area contributed by atoms with Crippen molar-refractivity contribution in [1.82, 2.24) is 5.32 Å². The molecule has 0 bridgehead atoms. The Morgan fingerprint density at radius 1 is 1.06 bits per heavy atom. The maximum Gasteiger partial charge on any atom is 0.264 e. The Morgan fingerprint density at radius 2 is 1.72 bits per heavy atom. The highest BCUT2D eigenvalue weighted by molar-refractivity contribution is 7.92. The fourth-order valence-corrected chi connectivity index (χ4v) is 5.72. The van der Waals surface area contributed by atoms with Gasteiger partial charge in [-0.3, -0.25) is 9.10 Å². The number of benzene rings is 3. The second-order valence-corrected chi connectivity index (χ2v) is 12.1. The Balaban J connectivity index is 1.66. The molecule has 3 aromatic rings. The zero-order chi connectivity index (χ0) is 26.1. The molecule has 2 atom stereocenters. The summed E-state index contributed by atoms with van der Waals surface area (Å²) >= 11 is 0. The standard InChI is InChI=1S/C29H34N2O4S/c1-6-21-12-14-22(15-13-21)20(2)30-28(32)27-19-31(36(33,34)24-10-8-7-9-11-24)25-18-23(29(3,4)5)16-17-26(25)35-27/h7-18,20,27H,6,19H2,1-5H3,(H,30,32)/t20-,27-/m0/s1. The first kappa shape index (κ1) is 25.8. The number of anilines is 1. The van der Waals surface area contributed by atoms with E-state index in [4.69, 9.17) is 4.74 Å². The zero-order valence-electron chi connectivity index (χ0n) is 21.5. The van der Waals surface area contributed by atoms with Crippen LogP contribution >= 0.6 is 0 Å². The van der Waals surface area contributed by atoms with Crippen LogP contribution < -0.4 is 14.4 Å². The number of sulfonamides is 1. The largest absolute Gasteiger partial charge is 0.476 e. The fourth-order valence-electron chi connectivity index (χ4n) is 4.23. The highest BCUT2D eigenvalue weighted by Crippen LogP contribution is 2.40. The van der Waals surface area contributed by atoms with Crippen LogP contribution in [0, 0.1) is 0 Å². The van der Waals surface area contributed by atoms with E-state index in [1.807, 2.05) is 43.3 Å². The van der Waals surface area contributed by atoms with E-state index in [-0.39, 0.29) is 28.8 Å². The third-order valence-electron chi connectivity index (χ3n) is 6.56. The molecule has 6 nitrogen and oxygen atoms in total. The van der Waals surface area contributed by atoms with Crippen molar-refractivity contribution < 1.29 is 17.9 Å². The van der Waals surface area contributed by atoms with Gasteiger partial charge in [0.2, 0.25) is 0 Å². The van der Waals surface area contributed by atoms with Crippen LogP contribution in [0.4, 0.5) is 5.69 Å². The van der Waals surface area contributed by atoms with E-state index in [0.717, 1.165) is 17.5 Å². The molecule has 0 unspecified atom stereocenters. The molecule has 1 heterocycles. The molecule has 0 saturated carbocycles. The van der Waals surface area contributed by atoms with Crippen LogP contribution in [0.2, 0.25) is 0 Å². The maximum atomic E-state index is 13.7. The first-order chi connectivity index (χ1) is 17.0. The summed E-state index contributed by atoms with van der Waals surface area (Å²) in [6, 6.07) is 21.7. The van der Waals surface area contributed by atoms with Gasteiger partial charge in [-0.05, 0) is 59.7 Å². The fraction of sp³-hybridized carbons (Fsp3) is 0.345. The minimum absolute atomic E-state index is 0.120. The summed E-state index contributed by atoms with van der Waals surface area (Å²) in [6.07, 6.45) is -0.0484. The van der Waals surface area contributed by atoms with Crippen molar-refractivity contribution in [3.8, 4) is 5.75 Å². The maximum absolute atomic E-state index is 13.7. The van der Waals surface area contributed by atoms with E-state index in [9.17, 15) is 13.2 Å². The van der Waals surface area contributed by atoms with Crippen molar-refractivity contribution in [2.75, 3.05) is 10.8 Å². The Kier molecular flexibility index (Phi) is 7.14. The van der Waals surface area contributed by atoms with E-state index in [0.29, 0.717) is 11.4 Å². The number of amides is 1. The molecule has 0 aliphatic carbocycles. The zero-order valence-corrected chi connectivity index (χ0v) is 22.3. The number of carbonyl (C=O) groups excluding carboxylic acids is 1. The van der Waals surface area contributed by atoms with Crippen molar-refractivity contribution in [2.24, 2.45) is 0 Å². The molecule has 1 aliphatic rings. The van der Waals surface area contributed by atoms with Gasteiger partial charge in [0.05, 0.1) is 23.2 Å². The predicted octanol–water partition coefficient (Wildman–Crippen LogP) is 5.38. The van der Waals surface area contributed by atoms with Crippen LogP contribution in [0.25, 0.3) is 0 Å². The molecule has 3 aromatic carbocycles. The van der Waals surface area contributed by atoms with Crippen LogP contribution in [0.15, 0.2) is 77.7 Å². The molecular weight excluding hydrogens is 472 g/mol. The normalized spacial score (nSPS) is 16.6. The summed E-state index contributed by atoms with van der Waals surface area (Å²) in [5.41, 5.74) is 3.43. The van der Waals surface area contributed by atoms with Crippen LogP contribution in [0.3, 0.4) is 0 Å². The van der Waals surface area contributed by atoms with Crippen LogP contribution in [0.5, 0.6) is 5.75 Å². The van der Waals surface area contributed by atoms with Gasteiger partial charge in [0.15, 0.2) is 6.10 Å². The molecule has 0 saturated heterocycles. The highest BCUT2D eigenvalue weighted by Gasteiger charge is 2.38. The third-order valence-corrected chi connectivity index (χ3v) is 8.36. The van der Waals surface area contributed by atoms with E-state index >= 15 is 0 Å². The molecule has 0 fully saturated rings. The number of aryl methyl sites for hydroxylation is 1. The van der Waals surface area contributed by atoms with Gasteiger partial charge in [-0.2, -0.15) is 0 Å². The lowest BCUT2D eigenvalue weighted by Gasteiger charge is -2.36. The number of nitrogens with one attached hydrogen (secondary N) is 1. The summed E-state index contributed by atoms with van der Waals surface area (Å²) in [6.45, 7) is 10.1. The number of carbonyl (C=O) groups is 1. The summed E-state index contributed by atoms with van der Waals surface area (Å²) in [7, 11) is -3.92. The quantitative estimate of drug-likeness (QED) is 0.487. The topological polar surface area (TPSA) is 75.7 Å². The minimum atomic E-state index is -3.92. The number of hydrogen-bond donors (Lipinski definition) is 1. The predicted molar refractivity (Wildman–Crippen MR) is 143 cm³/mol. The molecule has 7 heteroatoms. The van der Waals surface area contributed by atoms with Crippen molar-refractivity contribution in [3.63, 3.8) is 0 Å². The minimum Gasteiger partial charge on any atom is -0.476 e. The molecule has 1 aliphatic heterocycles. The van der Waals surface area contributed by atoms with Crippen LogP contribution in [-0.2, 0) is 26.7 Å². The van der Waals surface area contributed by atoms with Crippen molar-refractivity contribution in [1.29, 1.82) is 0 Å². The highest BCUT2D eigenvalue weighted by atomic mass is 32.2. The molecule has 0 radical (unpaired) electrons. The lowest BCUT2D eigenvalue weighted by Crippen LogP contribution is -2.51. The van der Waals surface area contributed by atoms with Gasteiger partial charge >= 0.3 is 0 Å². The monoisotopic (exact) mass is 506 g/mol. The Hall–Kier alpha value is -3.32. The van der Waals surface area contributed by atoms with Gasteiger partial charge in [-0.1, -0.05) is 76.2 Å². The summed E-state index contributed by atoms with van der Waals surface area (Å²) in [5.74, 6) is 0.00901. The summed E-state index contributed by atoms with van der Waals surface area (Å²) < 4.78 is 34.8. The third kappa shape index (κ3) is 5.26. The Bertz CT molecular complexity index is 1330. The van der Waals surface area contributed by atoms with Gasteiger partial charge in [0, 0.05) is 0 Å². The number of hydrogen-bond acceptors (Lipinski definition) is 4. The summed E-state index contributed by atoms with van der Waals surface area (Å²) in [4.78, 5) is 13.5. The molecule has 36 heavy (non-hydrogen) atoms. The number of fused-ring (bicyclic) bond motifs is 1. The van der Waals surface area contributed by atoms with E-state index in [1.54, 1.807) is 36.4 Å². The van der Waals surface area contributed by atoms with Gasteiger partial charge in [0.25, 0.3) is 15.9 Å². The van der Waals surface area contributed by atoms with Gasteiger partial charge in [0.1, 0.15) is 5.75 Å². The second-order valence-electron chi connectivity index (χ2n) is 10.2. The van der Waals surface area contributed by atoms with E-state index in [1.165, 1.54) is 9.87 Å². The van der Waals surface area contributed by atoms with Gasteiger partial charge < -0.3 is 10.1 Å². The molecule has 1 N–H and O–H groups in total. The number of rotatable bonds is 6. The van der Waals surface area contributed by atoms with E-state index in [2.05, 4.69) is 33.0 Å². The average Bonchev–Trinajstić information content (AvgIpc) is 2.87. The molecule has 4 rings (SSSR count). The molecule has 0 aromatic heterocycles. The molecule has 1 amide bonds. The smallest absolute Gasteiger partial charge is 0.264 e. The van der Waals surface area contributed by atoms with Gasteiger partial charge in [-0.15, -0.1) is 0 Å². The van der Waals surface area contributed by atoms with Crippen molar-refractivity contribution in [2.45, 2.75) is 63.5 Å². The Labute approximate surface area is 214 Å². The second kappa shape index (κ2) is 9.97. The Morgan fingerprint density at radius 3 is 2.33 bits per heavy atom. The number of ether oxygens (including phenoxy) is 1. The van der Waals surface area contributed by atoms with E-state index < -0.39 is 16.1 Å². The van der Waals surface area contributed by atoms with Crippen molar-refractivity contribution >= 4 is 21.6 Å². The molecule has 190 valence electrons. The first-order valence-corrected chi connectivity index (χ1v) is 13.7. The number of nitrogens with zero attached hydrogens (tertiary/aromatic N) is 1. The lowest BCUT2D eigenvalue weighted by atomic mass is 9.86. The lowest BCUT2D eigenvalue weighted by molar-refractivity contribution is -0.128. The average molecular weight is 507 g/mol. The SMILES string of the molecule is CCc1ccc([C@H](C)NC(=O)[C@@H]2CN(S(=O)(=O)c3ccccc3)c3cc(C(C)(C)C)ccc3O2)cc1. The molecule has 0 spiro atoms. The molecular formula is C29H34N2O4S. The van der Waals surface area contributed by atoms with Crippen molar-refractivity contribution in [3.05, 3.63) is 89.5 Å². The van der Waals surface area contributed by atoms with Gasteiger partial charge in [-0.25, -0.2) is 8.42 Å². The van der Waals surface area contributed by atoms with Crippen LogP contribution in [0.1, 0.15) is 57.4 Å². The summed E-state index contributed by atoms with van der Waals surface area (Å²) in [5, 5.41) is 3.00. The first-order valence-electron chi connectivity index (χ1n) is 12.3.